The molecular formula is C7H9NO3S. The van der Waals surface area contributed by atoms with Gasteiger partial charge < -0.3 is 9.84 Å². The van der Waals surface area contributed by atoms with Crippen LogP contribution in [0.15, 0.2) is 5.51 Å². The highest BCUT2D eigenvalue weighted by Crippen LogP contribution is 2.14. The fraction of sp³-hybridized carbons (Fsp3) is 0.429. The van der Waals surface area contributed by atoms with Crippen molar-refractivity contribution in [1.29, 1.82) is 0 Å². The van der Waals surface area contributed by atoms with Gasteiger partial charge in [0, 0.05) is 6.61 Å². The summed E-state index contributed by atoms with van der Waals surface area (Å²) < 4.78 is 5.08. The first kappa shape index (κ1) is 9.15. The lowest BCUT2D eigenvalue weighted by Gasteiger charge is -1.97. The van der Waals surface area contributed by atoms with Crippen molar-refractivity contribution in [3.05, 3.63) is 16.1 Å². The van der Waals surface area contributed by atoms with Gasteiger partial charge in [-0.15, -0.1) is 11.3 Å². The monoisotopic (exact) mass is 187 g/mol. The molecule has 1 N–H and O–H groups in total. The lowest BCUT2D eigenvalue weighted by atomic mass is 10.4. The average Bonchev–Trinajstić information content (AvgIpc) is 2.48. The van der Waals surface area contributed by atoms with Crippen LogP contribution in [0.25, 0.3) is 0 Å². The Balaban J connectivity index is 2.70. The van der Waals surface area contributed by atoms with Gasteiger partial charge in [-0.25, -0.2) is 9.78 Å². The van der Waals surface area contributed by atoms with E-state index in [0.717, 1.165) is 0 Å². The number of rotatable bonds is 4. The summed E-state index contributed by atoms with van der Waals surface area (Å²) in [6.45, 7) is 2.78. The van der Waals surface area contributed by atoms with E-state index in [1.807, 2.05) is 6.92 Å². The predicted molar refractivity (Wildman–Crippen MR) is 44.4 cm³/mol. The van der Waals surface area contributed by atoms with Crippen molar-refractivity contribution in [3.8, 4) is 0 Å². The molecule has 1 heterocycles. The minimum absolute atomic E-state index is 0.105. The van der Waals surface area contributed by atoms with Crippen LogP contribution in [0, 0.1) is 0 Å². The van der Waals surface area contributed by atoms with Crippen molar-refractivity contribution >= 4 is 17.3 Å². The molecule has 0 amide bonds. The van der Waals surface area contributed by atoms with Gasteiger partial charge in [0.15, 0.2) is 5.69 Å². The minimum atomic E-state index is -0.994. The van der Waals surface area contributed by atoms with Crippen molar-refractivity contribution in [2.45, 2.75) is 13.5 Å². The summed E-state index contributed by atoms with van der Waals surface area (Å²) in [6, 6.07) is 0. The Morgan fingerprint density at radius 1 is 1.83 bits per heavy atom. The first-order chi connectivity index (χ1) is 5.75. The number of thiazole rings is 1. The molecule has 1 aromatic rings. The summed E-state index contributed by atoms with van der Waals surface area (Å²) in [7, 11) is 0. The lowest BCUT2D eigenvalue weighted by molar-refractivity contribution is 0.0683. The maximum Gasteiger partial charge on any atom is 0.355 e. The molecule has 0 aliphatic rings. The topological polar surface area (TPSA) is 59.4 Å². The molecule has 1 rings (SSSR count). The van der Waals surface area contributed by atoms with Crippen LogP contribution in [-0.4, -0.2) is 22.7 Å². The molecule has 12 heavy (non-hydrogen) atoms. The van der Waals surface area contributed by atoms with Gasteiger partial charge in [0.25, 0.3) is 0 Å². The highest BCUT2D eigenvalue weighted by molar-refractivity contribution is 7.09. The molecule has 0 fully saturated rings. The second-order valence-electron chi connectivity index (χ2n) is 2.07. The van der Waals surface area contributed by atoms with Crippen LogP contribution >= 0.6 is 11.3 Å². The Labute approximate surface area is 73.8 Å². The van der Waals surface area contributed by atoms with Gasteiger partial charge in [0.05, 0.1) is 17.0 Å². The smallest absolute Gasteiger partial charge is 0.355 e. The molecule has 0 aliphatic carbocycles. The standard InChI is InChI=1S/C7H9NO3S/c1-2-11-3-5-6(7(9)10)8-4-12-5/h4H,2-3H2,1H3,(H,9,10). The zero-order chi connectivity index (χ0) is 8.97. The number of carboxylic acids is 1. The molecule has 0 bridgehead atoms. The average molecular weight is 187 g/mol. The molecule has 0 atom stereocenters. The van der Waals surface area contributed by atoms with E-state index < -0.39 is 5.97 Å². The molecule has 0 spiro atoms. The SMILES string of the molecule is CCOCc1scnc1C(=O)O. The van der Waals surface area contributed by atoms with Crippen LogP contribution in [0.5, 0.6) is 0 Å². The van der Waals surface area contributed by atoms with Gasteiger partial charge in [-0.1, -0.05) is 0 Å². The van der Waals surface area contributed by atoms with Gasteiger partial charge in [0.1, 0.15) is 0 Å². The number of hydrogen-bond donors (Lipinski definition) is 1. The van der Waals surface area contributed by atoms with Crippen LogP contribution in [0.2, 0.25) is 0 Å². The summed E-state index contributed by atoms with van der Waals surface area (Å²) >= 11 is 1.30. The van der Waals surface area contributed by atoms with E-state index >= 15 is 0 Å². The lowest BCUT2D eigenvalue weighted by Crippen LogP contribution is -2.02. The second kappa shape index (κ2) is 4.18. The van der Waals surface area contributed by atoms with Crippen LogP contribution < -0.4 is 0 Å². The summed E-state index contributed by atoms with van der Waals surface area (Å²) in [5.41, 5.74) is 1.62. The number of aromatic nitrogens is 1. The van der Waals surface area contributed by atoms with Crippen molar-refractivity contribution in [2.75, 3.05) is 6.61 Å². The second-order valence-corrected chi connectivity index (χ2v) is 3.01. The third-order valence-corrected chi connectivity index (χ3v) is 2.09. The zero-order valence-electron chi connectivity index (χ0n) is 6.61. The molecule has 0 saturated carbocycles. The van der Waals surface area contributed by atoms with Gasteiger partial charge in [-0.3, -0.25) is 0 Å². The van der Waals surface area contributed by atoms with E-state index in [1.54, 1.807) is 0 Å². The third kappa shape index (κ3) is 2.02. The predicted octanol–water partition coefficient (Wildman–Crippen LogP) is 1.38. The Kier molecular flexibility index (Phi) is 3.19. The highest BCUT2D eigenvalue weighted by atomic mass is 32.1. The maximum absolute atomic E-state index is 10.5. The number of nitrogens with zero attached hydrogens (tertiary/aromatic N) is 1. The molecular weight excluding hydrogens is 178 g/mol. The molecule has 0 unspecified atom stereocenters. The summed E-state index contributed by atoms with van der Waals surface area (Å²) in [5, 5.41) is 8.64. The third-order valence-electron chi connectivity index (χ3n) is 1.28. The minimum Gasteiger partial charge on any atom is -0.476 e. The summed E-state index contributed by atoms with van der Waals surface area (Å²) in [5.74, 6) is -0.994. The fourth-order valence-electron chi connectivity index (χ4n) is 0.742. The van der Waals surface area contributed by atoms with E-state index in [2.05, 4.69) is 4.98 Å². The van der Waals surface area contributed by atoms with E-state index in [-0.39, 0.29) is 5.69 Å². The number of carboxylic acid groups (broad SMARTS) is 1. The number of aromatic carboxylic acids is 1. The van der Waals surface area contributed by atoms with Crippen LogP contribution in [0.1, 0.15) is 22.3 Å². The Morgan fingerprint density at radius 3 is 3.17 bits per heavy atom. The largest absolute Gasteiger partial charge is 0.476 e. The molecule has 0 saturated heterocycles. The van der Waals surface area contributed by atoms with Crippen LogP contribution in [0.3, 0.4) is 0 Å². The summed E-state index contributed by atoms with van der Waals surface area (Å²) in [4.78, 5) is 14.9. The van der Waals surface area contributed by atoms with Crippen LogP contribution in [0.4, 0.5) is 0 Å². The molecule has 0 aromatic carbocycles. The van der Waals surface area contributed by atoms with Crippen molar-refractivity contribution in [1.82, 2.24) is 4.98 Å². The molecule has 66 valence electrons. The number of carbonyl (C=O) groups is 1. The molecule has 0 aliphatic heterocycles. The van der Waals surface area contributed by atoms with E-state index in [0.29, 0.717) is 18.1 Å². The van der Waals surface area contributed by atoms with E-state index in [1.165, 1.54) is 16.8 Å². The van der Waals surface area contributed by atoms with E-state index in [9.17, 15) is 4.79 Å². The highest BCUT2D eigenvalue weighted by Gasteiger charge is 2.12. The van der Waals surface area contributed by atoms with Crippen molar-refractivity contribution in [2.24, 2.45) is 0 Å². The quantitative estimate of drug-likeness (QED) is 0.773. The molecule has 1 aromatic heterocycles. The Hall–Kier alpha value is -0.940. The number of ether oxygens (including phenoxy) is 1. The van der Waals surface area contributed by atoms with Crippen LogP contribution in [-0.2, 0) is 11.3 Å². The Morgan fingerprint density at radius 2 is 2.58 bits per heavy atom. The van der Waals surface area contributed by atoms with Gasteiger partial charge >= 0.3 is 5.97 Å². The van der Waals surface area contributed by atoms with Gasteiger partial charge in [0.2, 0.25) is 0 Å². The zero-order valence-corrected chi connectivity index (χ0v) is 7.43. The van der Waals surface area contributed by atoms with Gasteiger partial charge in [-0.05, 0) is 6.92 Å². The first-order valence-electron chi connectivity index (χ1n) is 3.49. The Bertz CT molecular complexity index is 271. The molecule has 5 heteroatoms. The maximum atomic E-state index is 10.5. The first-order valence-corrected chi connectivity index (χ1v) is 4.37. The van der Waals surface area contributed by atoms with Gasteiger partial charge in [-0.2, -0.15) is 0 Å². The fourth-order valence-corrected chi connectivity index (χ4v) is 1.43. The summed E-state index contributed by atoms with van der Waals surface area (Å²) in [6.07, 6.45) is 0. The normalized spacial score (nSPS) is 10.1. The molecule has 0 radical (unpaired) electrons. The van der Waals surface area contributed by atoms with E-state index in [4.69, 9.17) is 9.84 Å². The van der Waals surface area contributed by atoms with Crippen molar-refractivity contribution < 1.29 is 14.6 Å². The molecule has 4 nitrogen and oxygen atoms in total. The number of hydrogen-bond acceptors (Lipinski definition) is 4. The van der Waals surface area contributed by atoms with Crippen molar-refractivity contribution in [3.63, 3.8) is 0 Å².